The first-order chi connectivity index (χ1) is 14.2. The Hall–Kier alpha value is -2.36. The van der Waals surface area contributed by atoms with Crippen molar-refractivity contribution in [3.05, 3.63) is 80.6 Å². The van der Waals surface area contributed by atoms with Gasteiger partial charge in [0.25, 0.3) is 0 Å². The van der Waals surface area contributed by atoms with Gasteiger partial charge in [-0.05, 0) is 60.2 Å². The number of fused-ring (bicyclic) bond motifs is 3. The number of nitrogens with one attached hydrogen (secondary N) is 1. The monoisotopic (exact) mass is 436 g/mol. The largest absolute Gasteiger partial charge is 0.358 e. The fourth-order valence-corrected chi connectivity index (χ4v) is 5.40. The molecular weight excluding hydrogens is 415 g/mol. The number of carbonyl (C=O) groups excluding carboxylic acids is 1. The van der Waals surface area contributed by atoms with E-state index in [1.165, 1.54) is 0 Å². The molecule has 1 aliphatic carbocycles. The van der Waals surface area contributed by atoms with E-state index in [0.29, 0.717) is 16.5 Å². The Kier molecular flexibility index (Phi) is 4.46. The van der Waals surface area contributed by atoms with Crippen molar-refractivity contribution in [1.29, 1.82) is 0 Å². The Bertz CT molecular complexity index is 1260. The molecule has 3 nitrogen and oxygen atoms in total. The molecule has 0 saturated carbocycles. The SMILES string of the molecule is Cc1ccc2c3c(ccc2n1)NC1=C(C(=O)CC(C)(C)C1)[C@@H]3c1ccc(Cl)cc1Cl. The Morgan fingerprint density at radius 1 is 1.07 bits per heavy atom. The second kappa shape index (κ2) is 6.83. The zero-order valence-corrected chi connectivity index (χ0v) is 18.7. The lowest BCUT2D eigenvalue weighted by Gasteiger charge is -2.40. The smallest absolute Gasteiger partial charge is 0.162 e. The van der Waals surface area contributed by atoms with E-state index >= 15 is 0 Å². The summed E-state index contributed by atoms with van der Waals surface area (Å²) in [6.07, 6.45) is 1.34. The summed E-state index contributed by atoms with van der Waals surface area (Å²) in [5.41, 5.74) is 6.57. The van der Waals surface area contributed by atoms with Crippen LogP contribution in [-0.4, -0.2) is 10.8 Å². The number of hydrogen-bond acceptors (Lipinski definition) is 3. The van der Waals surface area contributed by atoms with Gasteiger partial charge in [-0.1, -0.05) is 49.2 Å². The number of carbonyl (C=O) groups is 1. The van der Waals surface area contributed by atoms with Crippen molar-refractivity contribution in [1.82, 2.24) is 4.98 Å². The summed E-state index contributed by atoms with van der Waals surface area (Å²) in [7, 11) is 0. The van der Waals surface area contributed by atoms with E-state index in [2.05, 4.69) is 31.3 Å². The minimum Gasteiger partial charge on any atom is -0.358 e. The van der Waals surface area contributed by atoms with E-state index in [1.807, 2.05) is 31.2 Å². The Morgan fingerprint density at radius 3 is 2.63 bits per heavy atom. The first-order valence-corrected chi connectivity index (χ1v) is 10.9. The highest BCUT2D eigenvalue weighted by atomic mass is 35.5. The predicted molar refractivity (Wildman–Crippen MR) is 123 cm³/mol. The molecule has 0 radical (unpaired) electrons. The fraction of sp³-hybridized carbons (Fsp3) is 0.280. The van der Waals surface area contributed by atoms with Crippen LogP contribution in [0.2, 0.25) is 10.0 Å². The highest BCUT2D eigenvalue weighted by Gasteiger charge is 2.41. The number of anilines is 1. The van der Waals surface area contributed by atoms with Crippen molar-refractivity contribution in [2.45, 2.75) is 39.5 Å². The van der Waals surface area contributed by atoms with E-state index in [0.717, 1.165) is 51.1 Å². The number of Topliss-reactive ketones (excluding diaryl/α,β-unsaturated/α-hetero) is 1. The highest BCUT2D eigenvalue weighted by Crippen LogP contribution is 2.51. The Balaban J connectivity index is 1.84. The summed E-state index contributed by atoms with van der Waals surface area (Å²) in [4.78, 5) is 18.1. The van der Waals surface area contributed by atoms with Crippen LogP contribution in [0.3, 0.4) is 0 Å². The molecule has 0 unspecified atom stereocenters. The van der Waals surface area contributed by atoms with Crippen molar-refractivity contribution >= 4 is 45.6 Å². The van der Waals surface area contributed by atoms with Crippen molar-refractivity contribution in [2.75, 3.05) is 5.32 Å². The summed E-state index contributed by atoms with van der Waals surface area (Å²) in [6, 6.07) is 13.8. The molecule has 1 atom stereocenters. The van der Waals surface area contributed by atoms with Crippen LogP contribution < -0.4 is 5.32 Å². The van der Waals surface area contributed by atoms with Gasteiger partial charge in [0.05, 0.1) is 5.52 Å². The van der Waals surface area contributed by atoms with Crippen LogP contribution in [0.5, 0.6) is 0 Å². The normalized spacial score (nSPS) is 20.0. The number of nitrogens with zero attached hydrogens (tertiary/aromatic N) is 1. The number of allylic oxidation sites excluding steroid dienone is 2. The molecule has 5 heteroatoms. The molecule has 0 amide bonds. The molecule has 1 N–H and O–H groups in total. The van der Waals surface area contributed by atoms with Gasteiger partial charge in [-0.25, -0.2) is 0 Å². The molecule has 1 aromatic heterocycles. The number of halogens is 2. The Morgan fingerprint density at radius 2 is 1.87 bits per heavy atom. The molecule has 5 rings (SSSR count). The maximum atomic E-state index is 13.4. The molecule has 0 fully saturated rings. The van der Waals surface area contributed by atoms with E-state index in [1.54, 1.807) is 6.07 Å². The van der Waals surface area contributed by atoms with Crippen LogP contribution in [0.4, 0.5) is 5.69 Å². The van der Waals surface area contributed by atoms with Crippen LogP contribution >= 0.6 is 23.2 Å². The van der Waals surface area contributed by atoms with Gasteiger partial charge in [-0.2, -0.15) is 0 Å². The van der Waals surface area contributed by atoms with Crippen LogP contribution in [-0.2, 0) is 4.79 Å². The summed E-state index contributed by atoms with van der Waals surface area (Å²) in [5, 5.41) is 5.77. The van der Waals surface area contributed by atoms with Crippen molar-refractivity contribution < 1.29 is 4.79 Å². The molecule has 0 spiro atoms. The number of pyridine rings is 1. The third-order valence-electron chi connectivity index (χ3n) is 6.11. The van der Waals surface area contributed by atoms with Crippen LogP contribution in [0.1, 0.15) is 49.4 Å². The molecule has 30 heavy (non-hydrogen) atoms. The first-order valence-electron chi connectivity index (χ1n) is 10.1. The van der Waals surface area contributed by atoms with Gasteiger partial charge in [0.1, 0.15) is 0 Å². The first kappa shape index (κ1) is 19.6. The molecular formula is C25H22Cl2N2O. The summed E-state index contributed by atoms with van der Waals surface area (Å²) in [6.45, 7) is 6.27. The third kappa shape index (κ3) is 3.12. The average molecular weight is 437 g/mol. The number of aromatic nitrogens is 1. The summed E-state index contributed by atoms with van der Waals surface area (Å²) >= 11 is 12.9. The topological polar surface area (TPSA) is 42.0 Å². The summed E-state index contributed by atoms with van der Waals surface area (Å²) < 4.78 is 0. The lowest BCUT2D eigenvalue weighted by Crippen LogP contribution is -2.34. The van der Waals surface area contributed by atoms with Crippen molar-refractivity contribution in [2.24, 2.45) is 5.41 Å². The number of benzene rings is 2. The van der Waals surface area contributed by atoms with Gasteiger partial charge < -0.3 is 5.32 Å². The quantitative estimate of drug-likeness (QED) is 0.444. The highest BCUT2D eigenvalue weighted by molar-refractivity contribution is 6.35. The van der Waals surface area contributed by atoms with E-state index in [4.69, 9.17) is 28.2 Å². The minimum atomic E-state index is -0.252. The van der Waals surface area contributed by atoms with Gasteiger partial charge >= 0.3 is 0 Å². The lowest BCUT2D eigenvalue weighted by molar-refractivity contribution is -0.118. The molecule has 2 aromatic carbocycles. The van der Waals surface area contributed by atoms with Crippen LogP contribution in [0.25, 0.3) is 10.9 Å². The average Bonchev–Trinajstić information content (AvgIpc) is 2.65. The van der Waals surface area contributed by atoms with Gasteiger partial charge in [0.2, 0.25) is 0 Å². The van der Waals surface area contributed by atoms with Crippen molar-refractivity contribution in [3.63, 3.8) is 0 Å². The molecule has 152 valence electrons. The van der Waals surface area contributed by atoms with E-state index in [-0.39, 0.29) is 17.1 Å². The maximum absolute atomic E-state index is 13.4. The zero-order valence-electron chi connectivity index (χ0n) is 17.1. The van der Waals surface area contributed by atoms with Gasteiger partial charge in [-0.3, -0.25) is 9.78 Å². The van der Waals surface area contributed by atoms with Gasteiger partial charge in [0.15, 0.2) is 5.78 Å². The predicted octanol–water partition coefficient (Wildman–Crippen LogP) is 7.05. The minimum absolute atomic E-state index is 0.0791. The standard InChI is InChI=1S/C25H22Cl2N2O/c1-13-4-6-16-18(28-13)8-9-19-22(16)23(15-7-5-14(26)10-17(15)27)24-20(29-19)11-25(2,3)12-21(24)30/h4-10,23,29H,11-12H2,1-3H3/t23-/m1/s1. The molecule has 2 heterocycles. The molecule has 0 saturated heterocycles. The van der Waals surface area contributed by atoms with Crippen LogP contribution in [0.15, 0.2) is 53.7 Å². The van der Waals surface area contributed by atoms with E-state index in [9.17, 15) is 4.79 Å². The molecule has 1 aliphatic heterocycles. The lowest BCUT2D eigenvalue weighted by atomic mass is 9.68. The second-order valence-electron chi connectivity index (χ2n) is 9.10. The zero-order chi connectivity index (χ0) is 21.2. The molecule has 3 aromatic rings. The maximum Gasteiger partial charge on any atom is 0.162 e. The van der Waals surface area contributed by atoms with Crippen LogP contribution in [0, 0.1) is 12.3 Å². The number of aryl methyl sites for hydroxylation is 1. The molecule has 0 bridgehead atoms. The molecule has 2 aliphatic rings. The van der Waals surface area contributed by atoms with Gasteiger partial charge in [0, 0.05) is 50.4 Å². The van der Waals surface area contributed by atoms with E-state index < -0.39 is 0 Å². The second-order valence-corrected chi connectivity index (χ2v) is 9.95. The summed E-state index contributed by atoms with van der Waals surface area (Å²) in [5.74, 6) is -0.0784. The van der Waals surface area contributed by atoms with Gasteiger partial charge in [-0.15, -0.1) is 0 Å². The Labute approximate surface area is 186 Å². The fourth-order valence-electron chi connectivity index (χ4n) is 4.88. The number of rotatable bonds is 1. The third-order valence-corrected chi connectivity index (χ3v) is 6.67. The number of ketones is 1. The van der Waals surface area contributed by atoms with Crippen molar-refractivity contribution in [3.8, 4) is 0 Å². The number of hydrogen-bond donors (Lipinski definition) is 1.